The number of anilines is 4. The number of hydrogen-bond donors (Lipinski definition) is 0. The average molecular weight is 1260 g/mol. The molecule has 0 N–H and O–H groups in total. The van der Waals surface area contributed by atoms with Crippen molar-refractivity contribution in [1.29, 1.82) is 0 Å². The Morgan fingerprint density at radius 1 is 0.422 bits per heavy atom. The molecule has 1 aliphatic heterocycles. The van der Waals surface area contributed by atoms with Gasteiger partial charge in [-0.25, -0.2) is 4.98 Å². The minimum Gasteiger partial charge on any atom is -0.509 e. The average Bonchev–Trinajstić information content (AvgIpc) is 2.00. The first-order valence-electron chi connectivity index (χ1n) is 28.8. The maximum atomic E-state index is 7.21. The van der Waals surface area contributed by atoms with Crippen LogP contribution in [0.5, 0.6) is 11.5 Å². The molecule has 83 heavy (non-hydrogen) atoms. The predicted molar refractivity (Wildman–Crippen MR) is 344 cm³/mol. The summed E-state index contributed by atoms with van der Waals surface area (Å²) in [4.78, 5) is 9.98. The molecular weight excluding hydrogens is 1190 g/mol. The molecule has 0 saturated heterocycles. The molecule has 3 aromatic heterocycles. The molecular formula is C76H70N5OPt-3. The van der Waals surface area contributed by atoms with Gasteiger partial charge in [-0.1, -0.05) is 215 Å². The molecule has 0 saturated carbocycles. The van der Waals surface area contributed by atoms with Gasteiger partial charge in [-0.3, -0.25) is 0 Å². The molecule has 0 aliphatic carbocycles. The monoisotopic (exact) mass is 1260 g/mol. The topological polar surface area (TPSA) is 38.5 Å². The fraction of sp³-hybridized carbons (Fsp3) is 0.211. The number of hydrogen-bond acceptors (Lipinski definition) is 4. The summed E-state index contributed by atoms with van der Waals surface area (Å²) in [5, 5.41) is 4.51. The van der Waals surface area contributed by atoms with Crippen LogP contribution in [0.2, 0.25) is 0 Å². The normalized spacial score (nSPS) is 13.1. The van der Waals surface area contributed by atoms with Crippen molar-refractivity contribution in [2.45, 2.75) is 105 Å². The summed E-state index contributed by atoms with van der Waals surface area (Å²) in [6, 6.07) is 77.9. The maximum Gasteiger partial charge on any atom is 0.135 e. The van der Waals surface area contributed by atoms with E-state index in [2.05, 4.69) is 315 Å². The standard InChI is InChI=1S/C76H70N5O.Pt/c1-73(2,3)52-36-33-50(34-37-52)62-47-77-71(46-63(62)76(10,11)12)81-66-32-21-18-29-61(66)72-69(80-64-30-19-16-27-59(64)60-28-17-20-31-65(60)80)44-58(45-70(72)81)82-57-26-22-25-55(43-57)78-48-79(56-41-53(74(4,5)6)40-54(42-56)75(7,8)9)67-38-35-51(39-68(67)78)49-23-14-13-15-24-49;/h13-42,44,46-48H,1-12H3;/q-3;. The summed E-state index contributed by atoms with van der Waals surface area (Å²) < 4.78 is 11.9. The minimum absolute atomic E-state index is 0. The molecule has 0 unspecified atom stereocenters. The molecule has 9 aromatic carbocycles. The zero-order valence-electron chi connectivity index (χ0n) is 49.6. The summed E-state index contributed by atoms with van der Waals surface area (Å²) in [7, 11) is 0. The summed E-state index contributed by atoms with van der Waals surface area (Å²) in [5.41, 5.74) is 18.6. The van der Waals surface area contributed by atoms with Crippen molar-refractivity contribution in [3.63, 3.8) is 0 Å². The second-order valence-electron chi connectivity index (χ2n) is 26.3. The Hall–Kier alpha value is -8.18. The van der Waals surface area contributed by atoms with Crippen molar-refractivity contribution >= 4 is 66.4 Å². The van der Waals surface area contributed by atoms with Gasteiger partial charge in [0.25, 0.3) is 0 Å². The maximum absolute atomic E-state index is 7.21. The van der Waals surface area contributed by atoms with E-state index in [1.54, 1.807) is 0 Å². The van der Waals surface area contributed by atoms with Gasteiger partial charge >= 0.3 is 0 Å². The Morgan fingerprint density at radius 2 is 1.00 bits per heavy atom. The van der Waals surface area contributed by atoms with E-state index in [9.17, 15) is 0 Å². The summed E-state index contributed by atoms with van der Waals surface area (Å²) in [6.45, 7) is 29.6. The molecule has 4 heterocycles. The minimum atomic E-state index is -0.208. The molecule has 13 rings (SSSR count). The van der Waals surface area contributed by atoms with E-state index in [4.69, 9.17) is 9.72 Å². The quantitative estimate of drug-likeness (QED) is 0.142. The van der Waals surface area contributed by atoms with Crippen molar-refractivity contribution in [2.24, 2.45) is 0 Å². The van der Waals surface area contributed by atoms with Gasteiger partial charge in [0, 0.05) is 77.7 Å². The fourth-order valence-electron chi connectivity index (χ4n) is 11.9. The fourth-order valence-corrected chi connectivity index (χ4v) is 11.9. The van der Waals surface area contributed by atoms with E-state index in [0.717, 1.165) is 89.3 Å². The van der Waals surface area contributed by atoms with Crippen molar-refractivity contribution in [1.82, 2.24) is 14.1 Å². The van der Waals surface area contributed by atoms with E-state index < -0.39 is 0 Å². The Labute approximate surface area is 504 Å². The molecule has 12 aromatic rings. The first-order chi connectivity index (χ1) is 39.2. The Bertz CT molecular complexity index is 4360. The van der Waals surface area contributed by atoms with Crippen LogP contribution in [-0.4, -0.2) is 14.1 Å². The van der Waals surface area contributed by atoms with E-state index >= 15 is 0 Å². The van der Waals surface area contributed by atoms with E-state index in [1.165, 1.54) is 33.0 Å². The summed E-state index contributed by atoms with van der Waals surface area (Å²) in [6.07, 6.45) is 2.07. The largest absolute Gasteiger partial charge is 0.509 e. The second-order valence-corrected chi connectivity index (χ2v) is 26.3. The molecule has 7 heteroatoms. The van der Waals surface area contributed by atoms with Crippen molar-refractivity contribution in [3.8, 4) is 45.3 Å². The third-order valence-electron chi connectivity index (χ3n) is 16.4. The number of pyridine rings is 1. The Balaban J connectivity index is 0.00000680. The van der Waals surface area contributed by atoms with Crippen LogP contribution in [0.4, 0.5) is 22.7 Å². The van der Waals surface area contributed by atoms with Crippen molar-refractivity contribution in [3.05, 3.63) is 241 Å². The van der Waals surface area contributed by atoms with Gasteiger partial charge in [0.05, 0.1) is 11.0 Å². The molecule has 1 aliphatic rings. The zero-order valence-corrected chi connectivity index (χ0v) is 51.9. The smallest absolute Gasteiger partial charge is 0.135 e. The van der Waals surface area contributed by atoms with Gasteiger partial charge in [0.2, 0.25) is 0 Å². The number of rotatable bonds is 8. The van der Waals surface area contributed by atoms with Crippen molar-refractivity contribution < 1.29 is 25.8 Å². The molecule has 418 valence electrons. The molecule has 0 spiro atoms. The summed E-state index contributed by atoms with van der Waals surface area (Å²) in [5.74, 6) is 1.93. The third-order valence-corrected chi connectivity index (χ3v) is 16.4. The van der Waals surface area contributed by atoms with Gasteiger partial charge in [0.15, 0.2) is 0 Å². The summed E-state index contributed by atoms with van der Waals surface area (Å²) >= 11 is 0. The van der Waals surface area contributed by atoms with Crippen LogP contribution in [0, 0.1) is 18.8 Å². The van der Waals surface area contributed by atoms with Gasteiger partial charge < -0.3 is 23.7 Å². The van der Waals surface area contributed by atoms with E-state index in [0.29, 0.717) is 11.5 Å². The molecule has 0 radical (unpaired) electrons. The number of para-hydroxylation sites is 3. The number of ether oxygens (including phenoxy) is 1. The van der Waals surface area contributed by atoms with Crippen molar-refractivity contribution in [2.75, 3.05) is 9.80 Å². The first kappa shape index (κ1) is 55.4. The van der Waals surface area contributed by atoms with Crippen LogP contribution in [0.25, 0.3) is 77.4 Å². The number of nitrogens with zero attached hydrogens (tertiary/aromatic N) is 5. The number of fused-ring (bicyclic) bond motifs is 7. The number of aromatic nitrogens is 3. The second kappa shape index (κ2) is 20.6. The molecule has 0 atom stereocenters. The van der Waals surface area contributed by atoms with Gasteiger partial charge in [-0.05, 0) is 120 Å². The Kier molecular flexibility index (Phi) is 13.7. The third kappa shape index (κ3) is 10.0. The molecule has 6 nitrogen and oxygen atoms in total. The molecule has 0 amide bonds. The first-order valence-corrected chi connectivity index (χ1v) is 28.8. The van der Waals surface area contributed by atoms with Crippen LogP contribution >= 0.6 is 0 Å². The van der Waals surface area contributed by atoms with E-state index in [-0.39, 0.29) is 42.7 Å². The Morgan fingerprint density at radius 3 is 1.61 bits per heavy atom. The number of benzene rings is 9. The SMILES string of the molecule is CC(C)(C)c1ccc(-c2cnc(-n3c4[c-]c(Oc5[c-]c(N6[CH-]N(c7cc(C(C)(C)C)cc(C(C)(C)C)c7)c7ccc(-c8ccccc8)cc76)ccc5)cc(-n5c6ccccc6c6ccccc65)c4c4ccccc43)cc2C(C)(C)C)cc1.[Pt]. The predicted octanol–water partition coefficient (Wildman–Crippen LogP) is 20.6. The molecule has 0 fully saturated rings. The van der Waals surface area contributed by atoms with Crippen LogP contribution in [0.3, 0.4) is 0 Å². The van der Waals surface area contributed by atoms with Gasteiger partial charge in [-0.2, -0.15) is 6.07 Å². The van der Waals surface area contributed by atoms with Gasteiger partial charge in [0.1, 0.15) is 5.82 Å². The van der Waals surface area contributed by atoms with Crippen LogP contribution in [0.1, 0.15) is 105 Å². The van der Waals surface area contributed by atoms with Gasteiger partial charge in [-0.15, -0.1) is 42.7 Å². The van der Waals surface area contributed by atoms with Crippen LogP contribution in [-0.2, 0) is 42.7 Å². The van der Waals surface area contributed by atoms with E-state index in [1.807, 2.05) is 6.07 Å². The van der Waals surface area contributed by atoms with Crippen LogP contribution < -0.4 is 14.5 Å². The van der Waals surface area contributed by atoms with Crippen LogP contribution in [0.15, 0.2) is 200 Å². The zero-order chi connectivity index (χ0) is 57.0. The molecule has 0 bridgehead atoms.